The Labute approximate surface area is 88.6 Å². The number of H-pyrrole nitrogens is 1. The van der Waals surface area contributed by atoms with Crippen molar-refractivity contribution in [1.29, 1.82) is 0 Å². The molecule has 80 valence electrons. The van der Waals surface area contributed by atoms with Crippen LogP contribution in [0.25, 0.3) is 10.2 Å². The molecule has 2 aromatic rings. The largest absolute Gasteiger partial charge is 0.392 e. The molecule has 2 heterocycles. The Morgan fingerprint density at radius 1 is 1.60 bits per heavy atom. The topological polar surface area (TPSA) is 75.1 Å². The van der Waals surface area contributed by atoms with Crippen LogP contribution >= 0.6 is 11.3 Å². The monoisotopic (exact) mass is 226 g/mol. The summed E-state index contributed by atoms with van der Waals surface area (Å²) in [5, 5.41) is 10.9. The third kappa shape index (κ3) is 1.73. The highest BCUT2D eigenvalue weighted by molar-refractivity contribution is 7.17. The Bertz CT molecular complexity index is 593. The fourth-order valence-electron chi connectivity index (χ4n) is 1.40. The SMILES string of the molecule is CC(O)Cn1c(=O)[nH]c2ccsc2c1=O. The molecule has 0 aliphatic heterocycles. The van der Waals surface area contributed by atoms with E-state index in [9.17, 15) is 9.59 Å². The molecule has 0 amide bonds. The summed E-state index contributed by atoms with van der Waals surface area (Å²) in [5.41, 5.74) is -0.270. The minimum atomic E-state index is -0.721. The number of aromatic amines is 1. The van der Waals surface area contributed by atoms with E-state index in [1.165, 1.54) is 18.3 Å². The summed E-state index contributed by atoms with van der Waals surface area (Å²) in [6.45, 7) is 1.55. The first kappa shape index (κ1) is 10.1. The van der Waals surface area contributed by atoms with Gasteiger partial charge in [-0.05, 0) is 18.4 Å². The van der Waals surface area contributed by atoms with Gasteiger partial charge < -0.3 is 10.1 Å². The van der Waals surface area contributed by atoms with Crippen molar-refractivity contribution in [3.63, 3.8) is 0 Å². The van der Waals surface area contributed by atoms with Gasteiger partial charge in [-0.3, -0.25) is 9.36 Å². The van der Waals surface area contributed by atoms with E-state index in [2.05, 4.69) is 4.98 Å². The van der Waals surface area contributed by atoms with E-state index >= 15 is 0 Å². The highest BCUT2D eigenvalue weighted by Crippen LogP contribution is 2.11. The summed E-state index contributed by atoms with van der Waals surface area (Å²) in [6.07, 6.45) is -0.721. The molecule has 0 aromatic carbocycles. The van der Waals surface area contributed by atoms with E-state index in [1.54, 1.807) is 11.4 Å². The number of nitrogens with one attached hydrogen (secondary N) is 1. The third-order valence-corrected chi connectivity index (χ3v) is 2.94. The molecule has 0 fully saturated rings. The second kappa shape index (κ2) is 3.63. The van der Waals surface area contributed by atoms with E-state index in [0.29, 0.717) is 10.2 Å². The Hall–Kier alpha value is -1.40. The van der Waals surface area contributed by atoms with Crippen molar-refractivity contribution in [1.82, 2.24) is 9.55 Å². The van der Waals surface area contributed by atoms with Gasteiger partial charge in [0.05, 0.1) is 18.2 Å². The molecule has 2 aromatic heterocycles. The van der Waals surface area contributed by atoms with Crippen LogP contribution in [0.15, 0.2) is 21.0 Å². The van der Waals surface area contributed by atoms with Gasteiger partial charge in [0.2, 0.25) is 0 Å². The van der Waals surface area contributed by atoms with E-state index in [4.69, 9.17) is 5.11 Å². The third-order valence-electron chi connectivity index (χ3n) is 2.04. The molecule has 0 aliphatic carbocycles. The summed E-state index contributed by atoms with van der Waals surface area (Å²) in [5.74, 6) is 0. The van der Waals surface area contributed by atoms with Gasteiger partial charge in [-0.2, -0.15) is 0 Å². The van der Waals surface area contributed by atoms with Gasteiger partial charge in [-0.25, -0.2) is 4.79 Å². The smallest absolute Gasteiger partial charge is 0.328 e. The van der Waals surface area contributed by atoms with Crippen LogP contribution in [0.1, 0.15) is 6.92 Å². The number of fused-ring (bicyclic) bond motifs is 1. The lowest BCUT2D eigenvalue weighted by atomic mass is 10.4. The lowest BCUT2D eigenvalue weighted by molar-refractivity contribution is 0.170. The summed E-state index contributed by atoms with van der Waals surface area (Å²) in [7, 11) is 0. The number of hydrogen-bond donors (Lipinski definition) is 2. The zero-order valence-corrected chi connectivity index (χ0v) is 8.87. The summed E-state index contributed by atoms with van der Waals surface area (Å²) < 4.78 is 1.53. The first-order valence-corrected chi connectivity index (χ1v) is 5.36. The first-order chi connectivity index (χ1) is 7.09. The lowest BCUT2D eigenvalue weighted by Crippen LogP contribution is -2.37. The van der Waals surface area contributed by atoms with Crippen molar-refractivity contribution >= 4 is 21.6 Å². The Morgan fingerprint density at radius 2 is 2.33 bits per heavy atom. The van der Waals surface area contributed by atoms with Crippen molar-refractivity contribution in [3.05, 3.63) is 32.3 Å². The normalized spacial score (nSPS) is 13.2. The van der Waals surface area contributed by atoms with Crippen LogP contribution in [0.5, 0.6) is 0 Å². The number of rotatable bonds is 2. The van der Waals surface area contributed by atoms with Gasteiger partial charge >= 0.3 is 5.69 Å². The average Bonchev–Trinajstić information content (AvgIpc) is 2.59. The van der Waals surface area contributed by atoms with Gasteiger partial charge in [0, 0.05) is 0 Å². The van der Waals surface area contributed by atoms with Crippen LogP contribution in [0.2, 0.25) is 0 Å². The molecule has 0 spiro atoms. The number of thiophene rings is 1. The van der Waals surface area contributed by atoms with E-state index < -0.39 is 11.8 Å². The number of aliphatic hydroxyl groups is 1. The predicted molar refractivity (Wildman–Crippen MR) is 58.4 cm³/mol. The molecule has 2 N–H and O–H groups in total. The van der Waals surface area contributed by atoms with Crippen molar-refractivity contribution < 1.29 is 5.11 Å². The minimum Gasteiger partial charge on any atom is -0.392 e. The summed E-state index contributed by atoms with van der Waals surface area (Å²) >= 11 is 1.28. The standard InChI is InChI=1S/C9H10N2O3S/c1-5(12)4-11-8(13)7-6(2-3-15-7)10-9(11)14/h2-3,5,12H,4H2,1H3,(H,10,14). The molecule has 0 radical (unpaired) electrons. The highest BCUT2D eigenvalue weighted by atomic mass is 32.1. The van der Waals surface area contributed by atoms with Crippen LogP contribution in [-0.2, 0) is 6.54 Å². The van der Waals surface area contributed by atoms with Crippen LogP contribution < -0.4 is 11.2 Å². The Balaban J connectivity index is 2.73. The molecule has 5 nitrogen and oxygen atoms in total. The second-order valence-corrected chi connectivity index (χ2v) is 4.27. The molecule has 1 unspecified atom stereocenters. The molecule has 2 rings (SSSR count). The van der Waals surface area contributed by atoms with Crippen molar-refractivity contribution in [2.45, 2.75) is 19.6 Å². The molecule has 1 atom stereocenters. The number of nitrogens with zero attached hydrogens (tertiary/aromatic N) is 1. The lowest BCUT2D eigenvalue weighted by Gasteiger charge is -2.06. The van der Waals surface area contributed by atoms with Crippen LogP contribution in [0.4, 0.5) is 0 Å². The van der Waals surface area contributed by atoms with Crippen LogP contribution in [-0.4, -0.2) is 20.8 Å². The van der Waals surface area contributed by atoms with E-state index in [1.807, 2.05) is 0 Å². The molecular formula is C9H10N2O3S. The van der Waals surface area contributed by atoms with Crippen molar-refractivity contribution in [3.8, 4) is 0 Å². The molecule has 0 saturated carbocycles. The maximum absolute atomic E-state index is 11.8. The quantitative estimate of drug-likeness (QED) is 0.764. The number of aliphatic hydroxyl groups excluding tert-OH is 1. The van der Waals surface area contributed by atoms with Gasteiger partial charge in [-0.1, -0.05) is 0 Å². The van der Waals surface area contributed by atoms with E-state index in [-0.39, 0.29) is 12.1 Å². The van der Waals surface area contributed by atoms with E-state index in [0.717, 1.165) is 4.57 Å². The highest BCUT2D eigenvalue weighted by Gasteiger charge is 2.09. The summed E-state index contributed by atoms with van der Waals surface area (Å²) in [4.78, 5) is 25.9. The molecule has 0 saturated heterocycles. The zero-order chi connectivity index (χ0) is 11.0. The maximum atomic E-state index is 11.8. The number of aromatic nitrogens is 2. The van der Waals surface area contributed by atoms with Crippen molar-refractivity contribution in [2.24, 2.45) is 0 Å². The zero-order valence-electron chi connectivity index (χ0n) is 8.06. The molecule has 15 heavy (non-hydrogen) atoms. The Morgan fingerprint density at radius 3 is 3.00 bits per heavy atom. The molecular weight excluding hydrogens is 216 g/mol. The van der Waals surface area contributed by atoms with Crippen LogP contribution in [0.3, 0.4) is 0 Å². The van der Waals surface area contributed by atoms with Crippen molar-refractivity contribution in [2.75, 3.05) is 0 Å². The van der Waals surface area contributed by atoms with Gasteiger partial charge in [0.25, 0.3) is 5.56 Å². The fraction of sp³-hybridized carbons (Fsp3) is 0.333. The minimum absolute atomic E-state index is 0.0159. The average molecular weight is 226 g/mol. The fourth-order valence-corrected chi connectivity index (χ4v) is 2.20. The maximum Gasteiger partial charge on any atom is 0.328 e. The van der Waals surface area contributed by atoms with Gasteiger partial charge in [0.1, 0.15) is 4.70 Å². The van der Waals surface area contributed by atoms with Gasteiger partial charge in [-0.15, -0.1) is 11.3 Å². The second-order valence-electron chi connectivity index (χ2n) is 3.36. The molecule has 0 bridgehead atoms. The summed E-state index contributed by atoms with van der Waals surface area (Å²) in [6, 6.07) is 1.69. The number of hydrogen-bond acceptors (Lipinski definition) is 4. The Kier molecular flexibility index (Phi) is 2.45. The van der Waals surface area contributed by atoms with Crippen LogP contribution in [0, 0.1) is 0 Å². The predicted octanol–water partition coefficient (Wildman–Crippen LogP) is 0.132. The molecule has 0 aliphatic rings. The molecule has 6 heteroatoms. The van der Waals surface area contributed by atoms with Gasteiger partial charge in [0.15, 0.2) is 0 Å². The first-order valence-electron chi connectivity index (χ1n) is 4.48.